The van der Waals surface area contributed by atoms with E-state index in [2.05, 4.69) is 17.6 Å². The summed E-state index contributed by atoms with van der Waals surface area (Å²) in [6.45, 7) is 6.10. The van der Waals surface area contributed by atoms with E-state index in [1.807, 2.05) is 0 Å². The lowest BCUT2D eigenvalue weighted by molar-refractivity contribution is -0.122. The first kappa shape index (κ1) is 16.7. The summed E-state index contributed by atoms with van der Waals surface area (Å²) in [4.78, 5) is 11.3. The third-order valence-corrected chi connectivity index (χ3v) is 2.57. The molecule has 4 nitrogen and oxygen atoms in total. The molecule has 0 aliphatic heterocycles. The van der Waals surface area contributed by atoms with Crippen LogP contribution in [0.3, 0.4) is 0 Å². The first-order chi connectivity index (χ1) is 7.83. The SMILES string of the molecule is CCCNCCNC(=O)CCOCC1CC1.Cl. The number of hydrogen-bond donors (Lipinski definition) is 2. The van der Waals surface area contributed by atoms with Crippen LogP contribution >= 0.6 is 12.4 Å². The van der Waals surface area contributed by atoms with Crippen LogP contribution in [0.15, 0.2) is 0 Å². The van der Waals surface area contributed by atoms with Gasteiger partial charge in [0.05, 0.1) is 6.61 Å². The summed E-state index contributed by atoms with van der Waals surface area (Å²) in [5, 5.41) is 6.10. The van der Waals surface area contributed by atoms with E-state index in [1.54, 1.807) is 0 Å². The normalized spacial score (nSPS) is 14.2. The molecule has 1 fully saturated rings. The molecular weight excluding hydrogens is 240 g/mol. The van der Waals surface area contributed by atoms with Gasteiger partial charge in [-0.05, 0) is 31.7 Å². The number of halogens is 1. The highest BCUT2D eigenvalue weighted by Gasteiger charge is 2.20. The minimum absolute atomic E-state index is 0. The number of amides is 1. The highest BCUT2D eigenvalue weighted by Crippen LogP contribution is 2.28. The van der Waals surface area contributed by atoms with E-state index in [4.69, 9.17) is 4.74 Å². The third kappa shape index (κ3) is 10.5. The Labute approximate surface area is 110 Å². The van der Waals surface area contributed by atoms with E-state index < -0.39 is 0 Å². The molecule has 1 aliphatic carbocycles. The molecule has 5 heteroatoms. The van der Waals surface area contributed by atoms with E-state index in [0.717, 1.165) is 32.0 Å². The third-order valence-electron chi connectivity index (χ3n) is 2.57. The first-order valence-electron chi connectivity index (χ1n) is 6.38. The molecule has 0 bridgehead atoms. The van der Waals surface area contributed by atoms with Gasteiger partial charge in [-0.2, -0.15) is 0 Å². The van der Waals surface area contributed by atoms with E-state index in [1.165, 1.54) is 12.8 Å². The van der Waals surface area contributed by atoms with Crippen LogP contribution in [0, 0.1) is 5.92 Å². The molecule has 1 aliphatic rings. The Kier molecular flexibility index (Phi) is 10.6. The summed E-state index contributed by atoms with van der Waals surface area (Å²) in [7, 11) is 0. The van der Waals surface area contributed by atoms with Gasteiger partial charge in [-0.3, -0.25) is 4.79 Å². The Morgan fingerprint density at radius 3 is 2.71 bits per heavy atom. The molecule has 0 saturated heterocycles. The van der Waals surface area contributed by atoms with Crippen molar-refractivity contribution in [2.24, 2.45) is 5.92 Å². The highest BCUT2D eigenvalue weighted by atomic mass is 35.5. The molecule has 0 aromatic rings. The highest BCUT2D eigenvalue weighted by molar-refractivity contribution is 5.85. The van der Waals surface area contributed by atoms with E-state index >= 15 is 0 Å². The van der Waals surface area contributed by atoms with Crippen molar-refractivity contribution in [3.63, 3.8) is 0 Å². The standard InChI is InChI=1S/C12H24N2O2.ClH/c1-2-6-13-7-8-14-12(15)5-9-16-10-11-3-4-11;/h11,13H,2-10H2,1H3,(H,14,15);1H. The van der Waals surface area contributed by atoms with Crippen LogP contribution in [0.1, 0.15) is 32.6 Å². The van der Waals surface area contributed by atoms with Crippen LogP contribution in [0.25, 0.3) is 0 Å². The maximum atomic E-state index is 11.3. The molecule has 0 heterocycles. The summed E-state index contributed by atoms with van der Waals surface area (Å²) < 4.78 is 5.40. The lowest BCUT2D eigenvalue weighted by Gasteiger charge is -2.06. The fraction of sp³-hybridized carbons (Fsp3) is 0.917. The van der Waals surface area contributed by atoms with Crippen molar-refractivity contribution in [1.82, 2.24) is 10.6 Å². The van der Waals surface area contributed by atoms with Gasteiger partial charge in [-0.25, -0.2) is 0 Å². The fourth-order valence-electron chi connectivity index (χ4n) is 1.38. The van der Waals surface area contributed by atoms with Crippen molar-refractivity contribution in [3.8, 4) is 0 Å². The van der Waals surface area contributed by atoms with Crippen LogP contribution in [-0.4, -0.2) is 38.8 Å². The van der Waals surface area contributed by atoms with Crippen molar-refractivity contribution in [2.45, 2.75) is 32.6 Å². The van der Waals surface area contributed by atoms with Crippen molar-refractivity contribution in [2.75, 3.05) is 32.8 Å². The summed E-state index contributed by atoms with van der Waals surface area (Å²) in [6.07, 6.45) is 4.22. The molecule has 17 heavy (non-hydrogen) atoms. The molecule has 0 spiro atoms. The van der Waals surface area contributed by atoms with E-state index in [9.17, 15) is 4.79 Å². The molecular formula is C12H25ClN2O2. The molecule has 1 amide bonds. The Hall–Kier alpha value is -0.320. The van der Waals surface area contributed by atoms with E-state index in [0.29, 0.717) is 19.6 Å². The average Bonchev–Trinajstić information content (AvgIpc) is 3.08. The zero-order chi connectivity index (χ0) is 11.6. The van der Waals surface area contributed by atoms with Gasteiger partial charge in [0, 0.05) is 26.1 Å². The predicted molar refractivity (Wildman–Crippen MR) is 71.6 cm³/mol. The molecule has 0 aromatic carbocycles. The molecule has 0 atom stereocenters. The first-order valence-corrected chi connectivity index (χ1v) is 6.38. The maximum Gasteiger partial charge on any atom is 0.222 e. The number of nitrogens with one attached hydrogen (secondary N) is 2. The van der Waals surface area contributed by atoms with Crippen LogP contribution in [0.5, 0.6) is 0 Å². The molecule has 0 radical (unpaired) electrons. The van der Waals surface area contributed by atoms with E-state index in [-0.39, 0.29) is 18.3 Å². The summed E-state index contributed by atoms with van der Waals surface area (Å²) >= 11 is 0. The molecule has 2 N–H and O–H groups in total. The minimum atomic E-state index is 0. The second-order valence-corrected chi connectivity index (χ2v) is 4.37. The van der Waals surface area contributed by atoms with Crippen molar-refractivity contribution < 1.29 is 9.53 Å². The zero-order valence-electron chi connectivity index (χ0n) is 10.7. The van der Waals surface area contributed by atoms with Crippen molar-refractivity contribution in [1.29, 1.82) is 0 Å². The summed E-state index contributed by atoms with van der Waals surface area (Å²) in [5.41, 5.74) is 0. The Bertz CT molecular complexity index is 199. The Balaban J connectivity index is 0.00000256. The van der Waals surface area contributed by atoms with Gasteiger partial charge in [-0.1, -0.05) is 6.92 Å². The smallest absolute Gasteiger partial charge is 0.222 e. The van der Waals surface area contributed by atoms with Gasteiger partial charge < -0.3 is 15.4 Å². The van der Waals surface area contributed by atoms with Gasteiger partial charge in [0.1, 0.15) is 0 Å². The van der Waals surface area contributed by atoms with Crippen LogP contribution in [-0.2, 0) is 9.53 Å². The lowest BCUT2D eigenvalue weighted by atomic mass is 10.4. The van der Waals surface area contributed by atoms with Crippen molar-refractivity contribution in [3.05, 3.63) is 0 Å². The van der Waals surface area contributed by atoms with Gasteiger partial charge in [0.2, 0.25) is 5.91 Å². The average molecular weight is 265 g/mol. The molecule has 102 valence electrons. The second-order valence-electron chi connectivity index (χ2n) is 4.37. The van der Waals surface area contributed by atoms with Gasteiger partial charge in [0.15, 0.2) is 0 Å². The van der Waals surface area contributed by atoms with Crippen LogP contribution in [0.4, 0.5) is 0 Å². The van der Waals surface area contributed by atoms with Gasteiger partial charge in [-0.15, -0.1) is 12.4 Å². The molecule has 0 unspecified atom stereocenters. The number of carbonyl (C=O) groups excluding carboxylic acids is 1. The summed E-state index contributed by atoms with van der Waals surface area (Å²) in [6, 6.07) is 0. The van der Waals surface area contributed by atoms with Crippen LogP contribution < -0.4 is 10.6 Å². The summed E-state index contributed by atoms with van der Waals surface area (Å²) in [5.74, 6) is 0.871. The maximum absolute atomic E-state index is 11.3. The molecule has 0 aromatic heterocycles. The molecule has 1 saturated carbocycles. The fourth-order valence-corrected chi connectivity index (χ4v) is 1.38. The predicted octanol–water partition coefficient (Wildman–Crippen LogP) is 1.34. The van der Waals surface area contributed by atoms with Gasteiger partial charge >= 0.3 is 0 Å². The zero-order valence-corrected chi connectivity index (χ0v) is 11.5. The largest absolute Gasteiger partial charge is 0.381 e. The monoisotopic (exact) mass is 264 g/mol. The number of hydrogen-bond acceptors (Lipinski definition) is 3. The van der Waals surface area contributed by atoms with Crippen LogP contribution in [0.2, 0.25) is 0 Å². The molecule has 1 rings (SSSR count). The van der Waals surface area contributed by atoms with Gasteiger partial charge in [0.25, 0.3) is 0 Å². The Morgan fingerprint density at radius 1 is 1.29 bits per heavy atom. The second kappa shape index (κ2) is 10.8. The van der Waals surface area contributed by atoms with Crippen molar-refractivity contribution >= 4 is 18.3 Å². The quantitative estimate of drug-likeness (QED) is 0.586. The number of rotatable bonds is 10. The lowest BCUT2D eigenvalue weighted by Crippen LogP contribution is -2.32. The number of carbonyl (C=O) groups is 1. The minimum Gasteiger partial charge on any atom is -0.381 e. The topological polar surface area (TPSA) is 50.4 Å². The Morgan fingerprint density at radius 2 is 2.06 bits per heavy atom. The number of ether oxygens (including phenoxy) is 1.